The third kappa shape index (κ3) is 2.73. The Bertz CT molecular complexity index is 808. The van der Waals surface area contributed by atoms with Crippen LogP contribution in [0.15, 0.2) is 47.9 Å². The van der Waals surface area contributed by atoms with Crippen molar-refractivity contribution < 1.29 is 19.1 Å². The zero-order valence-electron chi connectivity index (χ0n) is 12.4. The Kier molecular flexibility index (Phi) is 3.69. The van der Waals surface area contributed by atoms with E-state index >= 15 is 0 Å². The van der Waals surface area contributed by atoms with E-state index in [-0.39, 0.29) is 30.2 Å². The third-order valence-electron chi connectivity index (χ3n) is 3.70. The number of rotatable bonds is 4. The molecule has 0 atom stereocenters. The van der Waals surface area contributed by atoms with E-state index in [0.717, 1.165) is 5.56 Å². The number of carbonyl (C=O) groups excluding carboxylic acids is 2. The average molecular weight is 315 g/mol. The van der Waals surface area contributed by atoms with Crippen LogP contribution in [0, 0.1) is 5.82 Å². The lowest BCUT2D eigenvalue weighted by Crippen LogP contribution is -2.22. The second-order valence-corrected chi connectivity index (χ2v) is 5.32. The molecule has 0 saturated carbocycles. The largest absolute Gasteiger partial charge is 0.503 e. The van der Waals surface area contributed by atoms with Gasteiger partial charge in [0.2, 0.25) is 5.78 Å². The quantitative estimate of drug-likeness (QED) is 0.868. The summed E-state index contributed by atoms with van der Waals surface area (Å²) in [5.41, 5.74) is 1.10. The minimum absolute atomic E-state index is 0.0540. The van der Waals surface area contributed by atoms with E-state index in [1.54, 1.807) is 12.1 Å². The van der Waals surface area contributed by atoms with Crippen LogP contribution in [0.4, 0.5) is 4.39 Å². The van der Waals surface area contributed by atoms with Crippen molar-refractivity contribution in [3.05, 3.63) is 64.9 Å². The molecule has 3 rings (SSSR count). The van der Waals surface area contributed by atoms with Crippen LogP contribution in [0.25, 0.3) is 0 Å². The first-order chi connectivity index (χ1) is 11.0. The number of aliphatic hydroxyl groups excluding tert-OH is 1. The van der Waals surface area contributed by atoms with Gasteiger partial charge in [-0.2, -0.15) is 5.10 Å². The SMILES string of the molecule is CN1CC(C(=O)c2ccnn2Cc2ccc(F)cc2)=C(O)C1=O. The van der Waals surface area contributed by atoms with Gasteiger partial charge in [-0.25, -0.2) is 4.39 Å². The van der Waals surface area contributed by atoms with Crippen molar-refractivity contribution in [1.29, 1.82) is 0 Å². The minimum atomic E-state index is -0.571. The average Bonchev–Trinajstić information content (AvgIpc) is 3.09. The van der Waals surface area contributed by atoms with Crippen LogP contribution in [0.1, 0.15) is 16.1 Å². The molecule has 6 nitrogen and oxygen atoms in total. The number of aliphatic hydroxyl groups is 1. The number of carbonyl (C=O) groups is 2. The van der Waals surface area contributed by atoms with Gasteiger partial charge in [0.25, 0.3) is 5.91 Å². The smallest absolute Gasteiger partial charge is 0.289 e. The van der Waals surface area contributed by atoms with Crippen molar-refractivity contribution in [3.8, 4) is 0 Å². The Hall–Kier alpha value is -2.96. The number of Topliss-reactive ketones (excluding diaryl/α,β-unsaturated/α-hetero) is 1. The number of amides is 1. The standard InChI is InChI=1S/C16H14FN3O3/c1-19-9-12(15(22)16(19)23)14(21)13-6-7-18-20(13)8-10-2-4-11(17)5-3-10/h2-7,22H,8-9H2,1H3. The zero-order valence-corrected chi connectivity index (χ0v) is 12.4. The highest BCUT2D eigenvalue weighted by Crippen LogP contribution is 2.20. The van der Waals surface area contributed by atoms with Crippen LogP contribution >= 0.6 is 0 Å². The molecule has 1 N–H and O–H groups in total. The van der Waals surface area contributed by atoms with E-state index in [0.29, 0.717) is 0 Å². The topological polar surface area (TPSA) is 75.4 Å². The van der Waals surface area contributed by atoms with E-state index in [2.05, 4.69) is 5.10 Å². The lowest BCUT2D eigenvalue weighted by Gasteiger charge is -2.09. The molecule has 1 aromatic carbocycles. The summed E-state index contributed by atoms with van der Waals surface area (Å²) in [4.78, 5) is 25.4. The van der Waals surface area contributed by atoms with Crippen LogP contribution in [-0.4, -0.2) is 45.1 Å². The minimum Gasteiger partial charge on any atom is -0.503 e. The van der Waals surface area contributed by atoms with Gasteiger partial charge in [0.1, 0.15) is 11.5 Å². The summed E-state index contributed by atoms with van der Waals surface area (Å²) in [6, 6.07) is 7.40. The fraction of sp³-hybridized carbons (Fsp3) is 0.188. The number of hydrogen-bond acceptors (Lipinski definition) is 4. The fourth-order valence-electron chi connectivity index (χ4n) is 2.44. The first kappa shape index (κ1) is 15.0. The molecule has 1 aliphatic heterocycles. The number of hydrogen-bond donors (Lipinski definition) is 1. The molecule has 1 amide bonds. The van der Waals surface area contributed by atoms with Gasteiger partial charge in [0, 0.05) is 13.2 Å². The molecular formula is C16H14FN3O3. The normalized spacial score (nSPS) is 14.7. The van der Waals surface area contributed by atoms with Gasteiger partial charge in [0.15, 0.2) is 5.76 Å². The van der Waals surface area contributed by atoms with Crippen LogP contribution in [-0.2, 0) is 11.3 Å². The van der Waals surface area contributed by atoms with E-state index in [4.69, 9.17) is 0 Å². The third-order valence-corrected chi connectivity index (χ3v) is 3.70. The highest BCUT2D eigenvalue weighted by atomic mass is 19.1. The summed E-state index contributed by atoms with van der Waals surface area (Å²) < 4.78 is 14.4. The molecule has 0 saturated heterocycles. The van der Waals surface area contributed by atoms with Gasteiger partial charge in [-0.15, -0.1) is 0 Å². The van der Waals surface area contributed by atoms with E-state index in [9.17, 15) is 19.1 Å². The second-order valence-electron chi connectivity index (χ2n) is 5.32. The zero-order chi connectivity index (χ0) is 16.6. The fourth-order valence-corrected chi connectivity index (χ4v) is 2.44. The van der Waals surface area contributed by atoms with Crippen molar-refractivity contribution in [1.82, 2.24) is 14.7 Å². The lowest BCUT2D eigenvalue weighted by molar-refractivity contribution is -0.126. The Balaban J connectivity index is 1.88. The molecule has 2 aromatic rings. The van der Waals surface area contributed by atoms with Gasteiger partial charge < -0.3 is 10.0 Å². The molecule has 1 aliphatic rings. The van der Waals surface area contributed by atoms with Gasteiger partial charge in [0.05, 0.1) is 18.7 Å². The lowest BCUT2D eigenvalue weighted by atomic mass is 10.1. The van der Waals surface area contributed by atoms with Crippen molar-refractivity contribution in [2.24, 2.45) is 0 Å². The Labute approximate surface area is 131 Å². The predicted molar refractivity (Wildman–Crippen MR) is 79.4 cm³/mol. The molecule has 7 heteroatoms. The number of likely N-dealkylation sites (N-methyl/N-ethyl adjacent to an activating group) is 1. The summed E-state index contributed by atoms with van der Waals surface area (Å²) in [5, 5.41) is 13.9. The van der Waals surface area contributed by atoms with Crippen molar-refractivity contribution in [2.75, 3.05) is 13.6 Å². The maximum atomic E-state index is 12.9. The summed E-state index contributed by atoms with van der Waals surface area (Å²) in [6.45, 7) is 0.345. The molecule has 23 heavy (non-hydrogen) atoms. The number of ketones is 1. The highest BCUT2D eigenvalue weighted by molar-refractivity contribution is 6.14. The number of nitrogens with zero attached hydrogens (tertiary/aromatic N) is 3. The highest BCUT2D eigenvalue weighted by Gasteiger charge is 2.33. The molecule has 0 unspecified atom stereocenters. The number of aromatic nitrogens is 2. The van der Waals surface area contributed by atoms with Gasteiger partial charge in [-0.1, -0.05) is 12.1 Å². The van der Waals surface area contributed by atoms with Crippen molar-refractivity contribution in [3.63, 3.8) is 0 Å². The molecule has 0 bridgehead atoms. The van der Waals surface area contributed by atoms with Crippen LogP contribution in [0.3, 0.4) is 0 Å². The second kappa shape index (κ2) is 5.68. The first-order valence-electron chi connectivity index (χ1n) is 6.96. The maximum Gasteiger partial charge on any atom is 0.289 e. The predicted octanol–water partition coefficient (Wildman–Crippen LogP) is 1.54. The van der Waals surface area contributed by atoms with E-state index < -0.39 is 17.4 Å². The molecule has 1 aromatic heterocycles. The van der Waals surface area contributed by atoms with E-state index in [1.165, 1.54) is 41.0 Å². The molecule has 0 spiro atoms. The maximum absolute atomic E-state index is 12.9. The Morgan fingerprint density at radius 1 is 1.30 bits per heavy atom. The van der Waals surface area contributed by atoms with Crippen molar-refractivity contribution >= 4 is 11.7 Å². The van der Waals surface area contributed by atoms with E-state index in [1.807, 2.05) is 0 Å². The Morgan fingerprint density at radius 2 is 2.00 bits per heavy atom. The van der Waals surface area contributed by atoms with Gasteiger partial charge >= 0.3 is 0 Å². The van der Waals surface area contributed by atoms with Gasteiger partial charge in [-0.05, 0) is 23.8 Å². The molecule has 0 aliphatic carbocycles. The summed E-state index contributed by atoms with van der Waals surface area (Å²) in [6.07, 6.45) is 1.47. The molecule has 2 heterocycles. The van der Waals surface area contributed by atoms with Gasteiger partial charge in [-0.3, -0.25) is 14.3 Å². The van der Waals surface area contributed by atoms with Crippen molar-refractivity contribution in [2.45, 2.75) is 6.54 Å². The molecule has 118 valence electrons. The molecule has 0 radical (unpaired) electrons. The first-order valence-corrected chi connectivity index (χ1v) is 6.96. The number of benzene rings is 1. The number of halogens is 1. The van der Waals surface area contributed by atoms with Crippen LogP contribution < -0.4 is 0 Å². The molecule has 0 fully saturated rings. The summed E-state index contributed by atoms with van der Waals surface area (Å²) in [7, 11) is 1.51. The monoisotopic (exact) mass is 315 g/mol. The molecular weight excluding hydrogens is 301 g/mol. The summed E-state index contributed by atoms with van der Waals surface area (Å²) >= 11 is 0. The van der Waals surface area contributed by atoms with Crippen LogP contribution in [0.2, 0.25) is 0 Å². The Morgan fingerprint density at radius 3 is 2.61 bits per heavy atom. The summed E-state index contributed by atoms with van der Waals surface area (Å²) in [5.74, 6) is -1.88. The van der Waals surface area contributed by atoms with Crippen LogP contribution in [0.5, 0.6) is 0 Å².